The summed E-state index contributed by atoms with van der Waals surface area (Å²) in [5, 5.41) is 9.06. The lowest BCUT2D eigenvalue weighted by Crippen LogP contribution is -2.29. The zero-order valence-corrected chi connectivity index (χ0v) is 12.4. The van der Waals surface area contributed by atoms with E-state index < -0.39 is 10.0 Å². The fourth-order valence-corrected chi connectivity index (χ4v) is 4.10. The molecule has 0 saturated heterocycles. The number of ether oxygens (including phenoxy) is 1. The van der Waals surface area contributed by atoms with Gasteiger partial charge in [0.15, 0.2) is 0 Å². The summed E-state index contributed by atoms with van der Waals surface area (Å²) in [6, 6.07) is 1.58. The second kappa shape index (κ2) is 6.63. The minimum atomic E-state index is -3.48. The van der Waals surface area contributed by atoms with Gasteiger partial charge in [-0.05, 0) is 24.5 Å². The summed E-state index contributed by atoms with van der Waals surface area (Å²) in [6.07, 6.45) is 0. The van der Waals surface area contributed by atoms with E-state index in [0.29, 0.717) is 18.0 Å². The molecule has 0 aliphatic carbocycles. The number of thiophene rings is 1. The molecule has 7 heteroatoms. The molecule has 1 rings (SSSR count). The number of rotatable bonds is 7. The molecule has 0 radical (unpaired) electrons. The van der Waals surface area contributed by atoms with Crippen LogP contribution < -0.4 is 4.72 Å². The fraction of sp³-hybridized carbons (Fsp3) is 0.636. The van der Waals surface area contributed by atoms with Crippen LogP contribution in [0.4, 0.5) is 0 Å². The molecule has 2 N–H and O–H groups in total. The highest BCUT2D eigenvalue weighted by molar-refractivity contribution is 7.91. The van der Waals surface area contributed by atoms with Crippen molar-refractivity contribution in [2.75, 3.05) is 20.3 Å². The van der Waals surface area contributed by atoms with Gasteiger partial charge in [0.25, 0.3) is 0 Å². The third-order valence-corrected chi connectivity index (χ3v) is 5.60. The van der Waals surface area contributed by atoms with Crippen molar-refractivity contribution < 1.29 is 18.3 Å². The standard InChI is InChI=1S/C11H19NO4S2/c1-8(7-16-3)5-12-18(14,15)11-4-9(2)10(6-13)17-11/h4,8,12-13H,5-7H2,1-3H3. The quantitative estimate of drug-likeness (QED) is 0.789. The fourth-order valence-electron chi connectivity index (χ4n) is 1.44. The number of aliphatic hydroxyl groups is 1. The normalized spacial score (nSPS) is 13.8. The molecule has 0 spiro atoms. The second-order valence-electron chi connectivity index (χ2n) is 4.24. The van der Waals surface area contributed by atoms with Crippen molar-refractivity contribution in [3.05, 3.63) is 16.5 Å². The van der Waals surface area contributed by atoms with E-state index in [9.17, 15) is 8.42 Å². The zero-order valence-electron chi connectivity index (χ0n) is 10.8. The summed E-state index contributed by atoms with van der Waals surface area (Å²) in [4.78, 5) is 0.681. The van der Waals surface area contributed by atoms with E-state index in [-0.39, 0.29) is 16.7 Å². The summed E-state index contributed by atoms with van der Waals surface area (Å²) in [5.41, 5.74) is 0.799. The smallest absolute Gasteiger partial charge is 0.250 e. The molecule has 0 bridgehead atoms. The average Bonchev–Trinajstić information content (AvgIpc) is 2.69. The highest BCUT2D eigenvalue weighted by Crippen LogP contribution is 2.25. The molecular formula is C11H19NO4S2. The predicted molar refractivity (Wildman–Crippen MR) is 71.2 cm³/mol. The molecule has 0 saturated carbocycles. The van der Waals surface area contributed by atoms with E-state index in [2.05, 4.69) is 4.72 Å². The lowest BCUT2D eigenvalue weighted by Gasteiger charge is -2.10. The molecular weight excluding hydrogens is 274 g/mol. The predicted octanol–water partition coefficient (Wildman–Crippen LogP) is 1.11. The number of nitrogens with one attached hydrogen (secondary N) is 1. The third-order valence-electron chi connectivity index (χ3n) is 2.48. The Hall–Kier alpha value is -0.470. The van der Waals surface area contributed by atoms with E-state index in [1.807, 2.05) is 6.92 Å². The molecule has 1 unspecified atom stereocenters. The van der Waals surface area contributed by atoms with E-state index in [4.69, 9.17) is 9.84 Å². The monoisotopic (exact) mass is 293 g/mol. The van der Waals surface area contributed by atoms with E-state index in [0.717, 1.165) is 16.9 Å². The van der Waals surface area contributed by atoms with Gasteiger partial charge in [0.05, 0.1) is 6.61 Å². The van der Waals surface area contributed by atoms with Crippen molar-refractivity contribution in [3.8, 4) is 0 Å². The van der Waals surface area contributed by atoms with Crippen LogP contribution in [0.15, 0.2) is 10.3 Å². The third kappa shape index (κ3) is 4.03. The Morgan fingerprint density at radius 2 is 2.22 bits per heavy atom. The lowest BCUT2D eigenvalue weighted by molar-refractivity contribution is 0.161. The van der Waals surface area contributed by atoms with Crippen LogP contribution in [0.25, 0.3) is 0 Å². The Morgan fingerprint density at radius 3 is 2.72 bits per heavy atom. The SMILES string of the molecule is COCC(C)CNS(=O)(=O)c1cc(C)c(CO)s1. The number of aliphatic hydroxyl groups excluding tert-OH is 1. The summed E-state index contributed by atoms with van der Waals surface area (Å²) in [5.74, 6) is 0.114. The first-order valence-corrected chi connectivity index (χ1v) is 7.89. The maximum atomic E-state index is 12.0. The molecule has 0 aliphatic rings. The van der Waals surface area contributed by atoms with Crippen LogP contribution in [0.2, 0.25) is 0 Å². The molecule has 1 aromatic heterocycles. The van der Waals surface area contributed by atoms with Crippen molar-refractivity contribution in [2.24, 2.45) is 5.92 Å². The number of aryl methyl sites for hydroxylation is 1. The number of hydrogen-bond donors (Lipinski definition) is 2. The summed E-state index contributed by atoms with van der Waals surface area (Å²) in [6.45, 7) is 4.40. The topological polar surface area (TPSA) is 75.6 Å². The summed E-state index contributed by atoms with van der Waals surface area (Å²) in [7, 11) is -1.90. The van der Waals surface area contributed by atoms with Gasteiger partial charge in [-0.3, -0.25) is 0 Å². The van der Waals surface area contributed by atoms with Crippen molar-refractivity contribution in [2.45, 2.75) is 24.7 Å². The van der Waals surface area contributed by atoms with Crippen LogP contribution in [0, 0.1) is 12.8 Å². The van der Waals surface area contributed by atoms with Gasteiger partial charge in [0.1, 0.15) is 4.21 Å². The molecule has 0 aliphatic heterocycles. The van der Waals surface area contributed by atoms with Crippen LogP contribution in [0.3, 0.4) is 0 Å². The Bertz CT molecular complexity index is 481. The molecule has 0 aromatic carbocycles. The van der Waals surface area contributed by atoms with Crippen LogP contribution in [-0.2, 0) is 21.4 Å². The van der Waals surface area contributed by atoms with Gasteiger partial charge in [-0.2, -0.15) is 0 Å². The van der Waals surface area contributed by atoms with Gasteiger partial charge in [0.2, 0.25) is 10.0 Å². The molecule has 1 atom stereocenters. The number of methoxy groups -OCH3 is 1. The van der Waals surface area contributed by atoms with Gasteiger partial charge in [-0.1, -0.05) is 6.92 Å². The lowest BCUT2D eigenvalue weighted by atomic mass is 10.2. The number of hydrogen-bond acceptors (Lipinski definition) is 5. The van der Waals surface area contributed by atoms with Crippen molar-refractivity contribution in [3.63, 3.8) is 0 Å². The highest BCUT2D eigenvalue weighted by atomic mass is 32.2. The molecule has 5 nitrogen and oxygen atoms in total. The minimum Gasteiger partial charge on any atom is -0.391 e. The van der Waals surface area contributed by atoms with Crippen molar-refractivity contribution in [1.82, 2.24) is 4.72 Å². The maximum Gasteiger partial charge on any atom is 0.250 e. The van der Waals surface area contributed by atoms with Gasteiger partial charge in [-0.15, -0.1) is 11.3 Å². The average molecular weight is 293 g/mol. The van der Waals surface area contributed by atoms with Crippen LogP contribution >= 0.6 is 11.3 Å². The van der Waals surface area contributed by atoms with Crippen LogP contribution in [0.5, 0.6) is 0 Å². The van der Waals surface area contributed by atoms with Crippen molar-refractivity contribution in [1.29, 1.82) is 0 Å². The molecule has 0 amide bonds. The Morgan fingerprint density at radius 1 is 1.56 bits per heavy atom. The maximum absolute atomic E-state index is 12.0. The first-order chi connectivity index (χ1) is 8.40. The van der Waals surface area contributed by atoms with Gasteiger partial charge in [-0.25, -0.2) is 13.1 Å². The molecule has 18 heavy (non-hydrogen) atoms. The zero-order chi connectivity index (χ0) is 13.8. The Labute approximate surface area is 112 Å². The second-order valence-corrected chi connectivity index (χ2v) is 7.37. The minimum absolute atomic E-state index is 0.114. The van der Waals surface area contributed by atoms with E-state index in [1.54, 1.807) is 20.1 Å². The Balaban J connectivity index is 2.74. The van der Waals surface area contributed by atoms with E-state index >= 15 is 0 Å². The summed E-state index contributed by atoms with van der Waals surface area (Å²) >= 11 is 1.10. The van der Waals surface area contributed by atoms with Crippen LogP contribution in [0.1, 0.15) is 17.4 Å². The number of sulfonamides is 1. The molecule has 1 aromatic rings. The van der Waals surface area contributed by atoms with Crippen molar-refractivity contribution >= 4 is 21.4 Å². The first-order valence-electron chi connectivity index (χ1n) is 5.59. The van der Waals surface area contributed by atoms with E-state index in [1.165, 1.54) is 0 Å². The van der Waals surface area contributed by atoms with Gasteiger partial charge >= 0.3 is 0 Å². The first kappa shape index (κ1) is 15.6. The largest absolute Gasteiger partial charge is 0.391 e. The molecule has 0 fully saturated rings. The summed E-state index contributed by atoms with van der Waals surface area (Å²) < 4.78 is 31.7. The van der Waals surface area contributed by atoms with Crippen LogP contribution in [-0.4, -0.2) is 33.8 Å². The molecule has 1 heterocycles. The van der Waals surface area contributed by atoms with Gasteiger partial charge in [0, 0.05) is 25.1 Å². The van der Waals surface area contributed by atoms with Gasteiger partial charge < -0.3 is 9.84 Å². The molecule has 104 valence electrons. The Kier molecular flexibility index (Phi) is 5.74. The highest BCUT2D eigenvalue weighted by Gasteiger charge is 2.19.